The summed E-state index contributed by atoms with van der Waals surface area (Å²) in [5, 5.41) is 2.92. The van der Waals surface area contributed by atoms with Crippen molar-refractivity contribution in [2.75, 3.05) is 0 Å². The Morgan fingerprint density at radius 3 is 2.33 bits per heavy atom. The smallest absolute Gasteiger partial charge is 0.408 e. The lowest BCUT2D eigenvalue weighted by molar-refractivity contribution is 0.0491. The number of amides is 1. The highest BCUT2D eigenvalue weighted by Crippen LogP contribution is 2.24. The van der Waals surface area contributed by atoms with Gasteiger partial charge >= 0.3 is 6.09 Å². The highest BCUT2D eigenvalue weighted by molar-refractivity contribution is 5.95. The predicted octanol–water partition coefficient (Wildman–Crippen LogP) is 3.28. The Bertz CT molecular complexity index is 370. The van der Waals surface area contributed by atoms with Gasteiger partial charge < -0.3 is 10.1 Å². The minimum absolute atomic E-state index is 0.0955. The van der Waals surface area contributed by atoms with Crippen LogP contribution in [0.3, 0.4) is 0 Å². The first-order chi connectivity index (χ1) is 8.09. The Morgan fingerprint density at radius 2 is 1.94 bits per heavy atom. The SMILES string of the molecule is CC(C)(C)OC(=O)N[C@H](C1=NC=CC1)C(C)(C)C. The van der Waals surface area contributed by atoms with E-state index in [1.165, 1.54) is 0 Å². The molecule has 18 heavy (non-hydrogen) atoms. The van der Waals surface area contributed by atoms with E-state index in [1.54, 1.807) is 6.20 Å². The van der Waals surface area contributed by atoms with Gasteiger partial charge in [-0.3, -0.25) is 4.99 Å². The molecule has 1 aliphatic rings. The largest absolute Gasteiger partial charge is 0.444 e. The summed E-state index contributed by atoms with van der Waals surface area (Å²) in [4.78, 5) is 16.2. The molecule has 0 fully saturated rings. The van der Waals surface area contributed by atoms with Crippen LogP contribution in [0.2, 0.25) is 0 Å². The summed E-state index contributed by atoms with van der Waals surface area (Å²) in [6.07, 6.45) is 4.17. The second-order valence-corrected chi connectivity index (χ2v) is 6.65. The number of rotatable bonds is 2. The third-order valence-corrected chi connectivity index (χ3v) is 2.53. The van der Waals surface area contributed by atoms with Crippen LogP contribution in [-0.4, -0.2) is 23.4 Å². The summed E-state index contributed by atoms with van der Waals surface area (Å²) in [7, 11) is 0. The van der Waals surface area contributed by atoms with Crippen molar-refractivity contribution in [2.45, 2.75) is 59.6 Å². The lowest BCUT2D eigenvalue weighted by Crippen LogP contribution is -2.50. The molecule has 102 valence electrons. The van der Waals surface area contributed by atoms with Crippen LogP contribution < -0.4 is 5.32 Å². The number of ether oxygens (including phenoxy) is 1. The maximum atomic E-state index is 11.9. The summed E-state index contributed by atoms with van der Waals surface area (Å²) in [5.41, 5.74) is 0.401. The molecule has 4 heteroatoms. The van der Waals surface area contributed by atoms with E-state index in [9.17, 15) is 4.79 Å². The molecule has 0 spiro atoms. The fourth-order valence-electron chi connectivity index (χ4n) is 1.79. The Labute approximate surface area is 110 Å². The van der Waals surface area contributed by atoms with E-state index >= 15 is 0 Å². The zero-order valence-electron chi connectivity index (χ0n) is 12.2. The van der Waals surface area contributed by atoms with Crippen LogP contribution in [0.25, 0.3) is 0 Å². The van der Waals surface area contributed by atoms with E-state index in [-0.39, 0.29) is 11.5 Å². The number of allylic oxidation sites excluding steroid dienone is 1. The number of alkyl carbamates (subject to hydrolysis) is 1. The maximum absolute atomic E-state index is 11.9. The Balaban J connectivity index is 2.72. The third-order valence-electron chi connectivity index (χ3n) is 2.53. The van der Waals surface area contributed by atoms with Crippen molar-refractivity contribution >= 4 is 11.8 Å². The molecule has 1 heterocycles. The topological polar surface area (TPSA) is 50.7 Å². The van der Waals surface area contributed by atoms with Crippen LogP contribution in [-0.2, 0) is 4.74 Å². The number of carbonyl (C=O) groups is 1. The quantitative estimate of drug-likeness (QED) is 0.820. The van der Waals surface area contributed by atoms with Gasteiger partial charge in [-0.1, -0.05) is 26.8 Å². The standard InChI is InChI=1S/C14H24N2O2/c1-13(2,3)11(10-8-7-9-15-10)16-12(17)18-14(4,5)6/h7,9,11H,8H2,1-6H3,(H,16,17)/t11-/m1/s1. The molecule has 0 radical (unpaired) electrons. The van der Waals surface area contributed by atoms with Gasteiger partial charge in [-0.15, -0.1) is 0 Å². The number of nitrogens with zero attached hydrogens (tertiary/aromatic N) is 1. The van der Waals surface area contributed by atoms with Crippen LogP contribution in [0.1, 0.15) is 48.0 Å². The van der Waals surface area contributed by atoms with Gasteiger partial charge in [-0.2, -0.15) is 0 Å². The average molecular weight is 252 g/mol. The van der Waals surface area contributed by atoms with E-state index < -0.39 is 11.7 Å². The highest BCUT2D eigenvalue weighted by atomic mass is 16.6. The predicted molar refractivity (Wildman–Crippen MR) is 73.8 cm³/mol. The van der Waals surface area contributed by atoms with Crippen LogP contribution in [0, 0.1) is 5.41 Å². The van der Waals surface area contributed by atoms with Gasteiger partial charge in [0.1, 0.15) is 5.60 Å². The monoisotopic (exact) mass is 252 g/mol. The van der Waals surface area contributed by atoms with Gasteiger partial charge in [-0.25, -0.2) is 4.79 Å². The Kier molecular flexibility index (Phi) is 4.20. The molecular weight excluding hydrogens is 228 g/mol. The van der Waals surface area contributed by atoms with Crippen molar-refractivity contribution in [1.29, 1.82) is 0 Å². The molecule has 1 rings (SSSR count). The molecule has 1 aliphatic heterocycles. The summed E-state index contributed by atoms with van der Waals surface area (Å²) in [6.45, 7) is 11.8. The molecule has 0 aliphatic carbocycles. The van der Waals surface area contributed by atoms with Gasteiger partial charge in [-0.05, 0) is 26.2 Å². The maximum Gasteiger partial charge on any atom is 0.408 e. The van der Waals surface area contributed by atoms with Crippen molar-refractivity contribution in [2.24, 2.45) is 10.4 Å². The Morgan fingerprint density at radius 1 is 1.33 bits per heavy atom. The zero-order chi connectivity index (χ0) is 14.0. The summed E-state index contributed by atoms with van der Waals surface area (Å²) in [6, 6.07) is -0.109. The lowest BCUT2D eigenvalue weighted by atomic mass is 9.83. The molecule has 0 saturated heterocycles. The molecule has 1 atom stereocenters. The second-order valence-electron chi connectivity index (χ2n) is 6.65. The number of aliphatic imine (C=N–C) groups is 1. The highest BCUT2D eigenvalue weighted by Gasteiger charge is 2.32. The lowest BCUT2D eigenvalue weighted by Gasteiger charge is -2.32. The molecule has 4 nitrogen and oxygen atoms in total. The molecule has 1 amide bonds. The van der Waals surface area contributed by atoms with E-state index in [4.69, 9.17) is 4.74 Å². The molecular formula is C14H24N2O2. The van der Waals surface area contributed by atoms with Crippen LogP contribution >= 0.6 is 0 Å². The summed E-state index contributed by atoms with van der Waals surface area (Å²) >= 11 is 0. The average Bonchev–Trinajstić information content (AvgIpc) is 2.61. The third kappa shape index (κ3) is 4.51. The van der Waals surface area contributed by atoms with E-state index in [1.807, 2.05) is 26.8 Å². The van der Waals surface area contributed by atoms with E-state index in [2.05, 4.69) is 31.1 Å². The fourth-order valence-corrected chi connectivity index (χ4v) is 1.79. The summed E-state index contributed by atoms with van der Waals surface area (Å²) < 4.78 is 5.30. The van der Waals surface area contributed by atoms with Crippen LogP contribution in [0.15, 0.2) is 17.3 Å². The second kappa shape index (κ2) is 5.12. The molecule has 0 aromatic rings. The Hall–Kier alpha value is -1.32. The minimum Gasteiger partial charge on any atom is -0.444 e. The van der Waals surface area contributed by atoms with E-state index in [0.29, 0.717) is 0 Å². The first-order valence-electron chi connectivity index (χ1n) is 6.31. The first-order valence-corrected chi connectivity index (χ1v) is 6.31. The summed E-state index contributed by atoms with van der Waals surface area (Å²) in [5.74, 6) is 0. The molecule has 0 aromatic carbocycles. The van der Waals surface area contributed by atoms with Crippen LogP contribution in [0.5, 0.6) is 0 Å². The van der Waals surface area contributed by atoms with Gasteiger partial charge in [0, 0.05) is 18.3 Å². The van der Waals surface area contributed by atoms with Gasteiger partial charge in [0.2, 0.25) is 0 Å². The zero-order valence-corrected chi connectivity index (χ0v) is 12.2. The van der Waals surface area contributed by atoms with Gasteiger partial charge in [0.15, 0.2) is 0 Å². The first kappa shape index (κ1) is 14.7. The number of hydrogen-bond acceptors (Lipinski definition) is 3. The van der Waals surface area contributed by atoms with Crippen molar-refractivity contribution in [3.63, 3.8) is 0 Å². The molecule has 0 unspecified atom stereocenters. The molecule has 0 aromatic heterocycles. The van der Waals surface area contributed by atoms with Crippen molar-refractivity contribution in [3.05, 3.63) is 12.3 Å². The minimum atomic E-state index is -0.484. The number of carbonyl (C=O) groups excluding carboxylic acids is 1. The molecule has 1 N–H and O–H groups in total. The van der Waals surface area contributed by atoms with Crippen molar-refractivity contribution in [1.82, 2.24) is 5.32 Å². The number of nitrogens with one attached hydrogen (secondary N) is 1. The number of hydrogen-bond donors (Lipinski definition) is 1. The van der Waals surface area contributed by atoms with Crippen molar-refractivity contribution < 1.29 is 9.53 Å². The normalized spacial score (nSPS) is 17.3. The van der Waals surface area contributed by atoms with Crippen molar-refractivity contribution in [3.8, 4) is 0 Å². The molecule has 0 bridgehead atoms. The molecule has 0 saturated carbocycles. The van der Waals surface area contributed by atoms with Crippen LogP contribution in [0.4, 0.5) is 4.79 Å². The van der Waals surface area contributed by atoms with Gasteiger partial charge in [0.05, 0.1) is 6.04 Å². The van der Waals surface area contributed by atoms with Gasteiger partial charge in [0.25, 0.3) is 0 Å². The fraction of sp³-hybridized carbons (Fsp3) is 0.714. The van der Waals surface area contributed by atoms with E-state index in [0.717, 1.165) is 12.1 Å².